The molecular weight excluding hydrogens is 428 g/mol. The van der Waals surface area contributed by atoms with Crippen LogP contribution in [0.2, 0.25) is 0 Å². The third kappa shape index (κ3) is 6.99. The topological polar surface area (TPSA) is 76.7 Å². The van der Waals surface area contributed by atoms with Crippen molar-refractivity contribution in [2.24, 2.45) is 11.8 Å². The number of benzene rings is 2. The van der Waals surface area contributed by atoms with E-state index in [2.05, 4.69) is 24.5 Å². The zero-order valence-electron chi connectivity index (χ0n) is 20.8. The zero-order chi connectivity index (χ0) is 24.5. The fraction of sp³-hybridized carbons (Fsp3) is 0.500. The summed E-state index contributed by atoms with van der Waals surface area (Å²) in [5.41, 5.74) is 2.06. The van der Waals surface area contributed by atoms with E-state index in [0.29, 0.717) is 12.8 Å². The highest BCUT2D eigenvalue weighted by Gasteiger charge is 2.25. The van der Waals surface area contributed by atoms with Crippen molar-refractivity contribution in [3.05, 3.63) is 59.7 Å². The van der Waals surface area contributed by atoms with Gasteiger partial charge in [-0.2, -0.15) is 0 Å². The average molecular weight is 467 g/mol. The van der Waals surface area contributed by atoms with E-state index in [-0.39, 0.29) is 35.7 Å². The van der Waals surface area contributed by atoms with Gasteiger partial charge in [0.25, 0.3) is 0 Å². The first-order chi connectivity index (χ1) is 16.4. The van der Waals surface area contributed by atoms with Crippen LogP contribution in [0.1, 0.15) is 75.6 Å². The molecule has 0 unspecified atom stereocenters. The van der Waals surface area contributed by atoms with Crippen molar-refractivity contribution < 1.29 is 19.1 Å². The van der Waals surface area contributed by atoms with Gasteiger partial charge in [-0.25, -0.2) is 0 Å². The summed E-state index contributed by atoms with van der Waals surface area (Å²) in [5, 5.41) is 6.52. The highest BCUT2D eigenvalue weighted by atomic mass is 16.5. The molecule has 0 saturated carbocycles. The molecule has 34 heavy (non-hydrogen) atoms. The van der Waals surface area contributed by atoms with Gasteiger partial charge in [-0.15, -0.1) is 0 Å². The molecule has 2 aromatic rings. The molecule has 1 heterocycles. The van der Waals surface area contributed by atoms with E-state index in [1.807, 2.05) is 48.5 Å². The number of carbonyl (C=O) groups is 2. The number of ether oxygens (including phenoxy) is 2. The normalized spacial score (nSPS) is 24.9. The van der Waals surface area contributed by atoms with Crippen LogP contribution in [-0.2, 0) is 9.59 Å². The molecule has 4 atom stereocenters. The maximum atomic E-state index is 12.9. The van der Waals surface area contributed by atoms with Crippen LogP contribution in [-0.4, -0.2) is 26.0 Å². The number of nitrogens with one attached hydrogen (secondary N) is 2. The Labute approximate surface area is 203 Å². The fourth-order valence-corrected chi connectivity index (χ4v) is 4.77. The van der Waals surface area contributed by atoms with Gasteiger partial charge >= 0.3 is 0 Å². The van der Waals surface area contributed by atoms with Crippen molar-refractivity contribution in [1.82, 2.24) is 10.6 Å². The number of carbonyl (C=O) groups excluding carboxylic acids is 2. The first-order valence-corrected chi connectivity index (χ1v) is 12.3. The molecule has 0 aromatic heterocycles. The van der Waals surface area contributed by atoms with Gasteiger partial charge in [0.05, 0.1) is 26.3 Å². The van der Waals surface area contributed by atoms with Crippen LogP contribution in [0.15, 0.2) is 48.5 Å². The summed E-state index contributed by atoms with van der Waals surface area (Å²) in [5.74, 6) is 2.03. The van der Waals surface area contributed by atoms with E-state index in [4.69, 9.17) is 9.47 Å². The molecule has 1 saturated heterocycles. The van der Waals surface area contributed by atoms with Crippen molar-refractivity contribution in [3.63, 3.8) is 0 Å². The minimum Gasteiger partial charge on any atom is -0.497 e. The van der Waals surface area contributed by atoms with Crippen LogP contribution in [0.4, 0.5) is 0 Å². The Hall–Kier alpha value is -3.02. The maximum Gasteiger partial charge on any atom is 0.220 e. The number of methoxy groups -OCH3 is 2. The summed E-state index contributed by atoms with van der Waals surface area (Å²) >= 11 is 0. The summed E-state index contributed by atoms with van der Waals surface area (Å²) in [7, 11) is 3.29. The van der Waals surface area contributed by atoms with E-state index in [1.165, 1.54) is 0 Å². The summed E-state index contributed by atoms with van der Waals surface area (Å²) in [4.78, 5) is 25.8. The van der Waals surface area contributed by atoms with Crippen LogP contribution in [0.25, 0.3) is 0 Å². The lowest BCUT2D eigenvalue weighted by atomic mass is 9.88. The van der Waals surface area contributed by atoms with Gasteiger partial charge < -0.3 is 20.1 Å². The monoisotopic (exact) mass is 466 g/mol. The first kappa shape index (κ1) is 25.6. The Bertz CT molecular complexity index is 883. The van der Waals surface area contributed by atoms with Gasteiger partial charge in [0.2, 0.25) is 11.8 Å². The Kier molecular flexibility index (Phi) is 9.37. The standard InChI is InChI=1S/C28H38N2O4/c1-19-9-5-15-26(32)30-28(22-12-8-14-24(18-22)34-4)20(2)10-6-16-25(31)29-27(19)21-11-7-13-23(17-21)33-3/h7-8,11-14,17-20,27-28H,5-6,9-10,15-16H2,1-4H3,(H,29,31)(H,30,32)/t19-,20-,27+,28+/m1/s1. The number of rotatable bonds is 4. The molecule has 2 amide bonds. The van der Waals surface area contributed by atoms with Gasteiger partial charge in [-0.1, -0.05) is 38.1 Å². The molecule has 0 bridgehead atoms. The number of hydrogen-bond donors (Lipinski definition) is 2. The second-order valence-electron chi connectivity index (χ2n) is 9.38. The van der Waals surface area contributed by atoms with Crippen LogP contribution in [0.3, 0.4) is 0 Å². The zero-order valence-corrected chi connectivity index (χ0v) is 20.8. The molecule has 0 radical (unpaired) electrons. The van der Waals surface area contributed by atoms with Crippen LogP contribution in [0.5, 0.6) is 11.5 Å². The van der Waals surface area contributed by atoms with Crippen LogP contribution >= 0.6 is 0 Å². The molecule has 2 aromatic carbocycles. The average Bonchev–Trinajstić information content (AvgIpc) is 2.85. The second kappa shape index (κ2) is 12.4. The van der Waals surface area contributed by atoms with Gasteiger partial charge in [0.1, 0.15) is 11.5 Å². The molecule has 6 nitrogen and oxygen atoms in total. The third-order valence-corrected chi connectivity index (χ3v) is 6.80. The van der Waals surface area contributed by atoms with Crippen molar-refractivity contribution in [2.45, 2.75) is 64.5 Å². The molecule has 2 N–H and O–H groups in total. The molecule has 1 aliphatic heterocycles. The molecule has 1 aliphatic rings. The Morgan fingerprint density at radius 1 is 0.706 bits per heavy atom. The smallest absolute Gasteiger partial charge is 0.220 e. The summed E-state index contributed by atoms with van der Waals surface area (Å²) in [6.07, 6.45) is 4.07. The lowest BCUT2D eigenvalue weighted by molar-refractivity contribution is -0.124. The fourth-order valence-electron chi connectivity index (χ4n) is 4.77. The van der Waals surface area contributed by atoms with Crippen molar-refractivity contribution in [1.29, 1.82) is 0 Å². The van der Waals surface area contributed by atoms with Crippen molar-refractivity contribution in [2.75, 3.05) is 14.2 Å². The highest BCUT2D eigenvalue weighted by molar-refractivity contribution is 5.77. The van der Waals surface area contributed by atoms with Gasteiger partial charge in [0.15, 0.2) is 0 Å². The van der Waals surface area contributed by atoms with E-state index in [9.17, 15) is 9.59 Å². The van der Waals surface area contributed by atoms with Gasteiger partial charge in [-0.3, -0.25) is 9.59 Å². The van der Waals surface area contributed by atoms with Crippen LogP contribution in [0, 0.1) is 11.8 Å². The molecule has 184 valence electrons. The molecule has 0 aliphatic carbocycles. The summed E-state index contributed by atoms with van der Waals surface area (Å²) in [6.45, 7) is 4.27. The largest absolute Gasteiger partial charge is 0.497 e. The minimum absolute atomic E-state index is 0.0610. The van der Waals surface area contributed by atoms with Crippen LogP contribution < -0.4 is 20.1 Å². The maximum absolute atomic E-state index is 12.9. The quantitative estimate of drug-likeness (QED) is 0.637. The summed E-state index contributed by atoms with van der Waals surface area (Å²) < 4.78 is 10.8. The Morgan fingerprint density at radius 3 is 1.50 bits per heavy atom. The third-order valence-electron chi connectivity index (χ3n) is 6.80. The minimum atomic E-state index is -0.115. The Morgan fingerprint density at radius 2 is 1.12 bits per heavy atom. The Balaban J connectivity index is 1.78. The van der Waals surface area contributed by atoms with E-state index >= 15 is 0 Å². The number of amides is 2. The van der Waals surface area contributed by atoms with Gasteiger partial charge in [-0.05, 0) is 72.9 Å². The molecule has 1 fully saturated rings. The lowest BCUT2D eigenvalue weighted by Gasteiger charge is -2.29. The summed E-state index contributed by atoms with van der Waals surface area (Å²) in [6, 6.07) is 15.5. The second-order valence-corrected chi connectivity index (χ2v) is 9.38. The number of hydrogen-bond acceptors (Lipinski definition) is 4. The van der Waals surface area contributed by atoms with E-state index < -0.39 is 0 Å². The van der Waals surface area contributed by atoms with E-state index in [0.717, 1.165) is 48.3 Å². The lowest BCUT2D eigenvalue weighted by Crippen LogP contribution is -2.35. The van der Waals surface area contributed by atoms with E-state index in [1.54, 1.807) is 14.2 Å². The molecule has 3 rings (SSSR count). The molecule has 0 spiro atoms. The van der Waals surface area contributed by atoms with Crippen molar-refractivity contribution in [3.8, 4) is 11.5 Å². The van der Waals surface area contributed by atoms with Crippen molar-refractivity contribution >= 4 is 11.8 Å². The van der Waals surface area contributed by atoms with Gasteiger partial charge in [0, 0.05) is 12.8 Å². The SMILES string of the molecule is COc1cccc([C@H]2NC(=O)CCC[C@@H](C)[C@@H](c3cccc(OC)c3)NC(=O)CCC[C@H]2C)c1. The highest BCUT2D eigenvalue weighted by Crippen LogP contribution is 2.31. The predicted octanol–water partition coefficient (Wildman–Crippen LogP) is 5.35. The first-order valence-electron chi connectivity index (χ1n) is 12.3. The molecular formula is C28H38N2O4. The molecule has 6 heteroatoms. The predicted molar refractivity (Wildman–Crippen MR) is 134 cm³/mol.